The minimum atomic E-state index is -0.685. The number of benzene rings is 1. The number of methoxy groups -OCH3 is 1. The maximum absolute atomic E-state index is 14.4. The van der Waals surface area contributed by atoms with Gasteiger partial charge in [0.15, 0.2) is 5.75 Å². The average Bonchev–Trinajstić information content (AvgIpc) is 3.49. The Bertz CT molecular complexity index is 1640. The van der Waals surface area contributed by atoms with Crippen LogP contribution in [0.3, 0.4) is 0 Å². The van der Waals surface area contributed by atoms with Crippen molar-refractivity contribution in [1.29, 1.82) is 0 Å². The van der Waals surface area contributed by atoms with E-state index in [0.29, 0.717) is 47.6 Å². The highest BCUT2D eigenvalue weighted by Gasteiger charge is 2.38. The number of pyridine rings is 1. The number of ether oxygens (including phenoxy) is 1. The van der Waals surface area contributed by atoms with E-state index in [1.165, 1.54) is 13.2 Å². The van der Waals surface area contributed by atoms with E-state index < -0.39 is 11.4 Å². The first-order valence-corrected chi connectivity index (χ1v) is 13.2. The lowest BCUT2D eigenvalue weighted by Crippen LogP contribution is -2.43. The van der Waals surface area contributed by atoms with Gasteiger partial charge in [0.2, 0.25) is 0 Å². The molecule has 2 aliphatic heterocycles. The van der Waals surface area contributed by atoms with Gasteiger partial charge in [0.1, 0.15) is 11.4 Å². The van der Waals surface area contributed by atoms with Gasteiger partial charge in [-0.1, -0.05) is 29.4 Å². The van der Waals surface area contributed by atoms with Gasteiger partial charge in [-0.3, -0.25) is 14.6 Å². The molecule has 5 rings (SSSR count). The molecule has 0 bridgehead atoms. The Kier molecular flexibility index (Phi) is 7.42. The van der Waals surface area contributed by atoms with Gasteiger partial charge < -0.3 is 25.3 Å². The fourth-order valence-electron chi connectivity index (χ4n) is 5.21. The van der Waals surface area contributed by atoms with Gasteiger partial charge in [-0.15, -0.1) is 0 Å². The number of amides is 2. The Balaban J connectivity index is 1.63. The summed E-state index contributed by atoms with van der Waals surface area (Å²) in [6.07, 6.45) is 5.40. The minimum absolute atomic E-state index is 0.0903. The zero-order valence-electron chi connectivity index (χ0n) is 22.3. The van der Waals surface area contributed by atoms with Crippen molar-refractivity contribution in [3.05, 3.63) is 58.3 Å². The molecule has 0 unspecified atom stereocenters. The van der Waals surface area contributed by atoms with Gasteiger partial charge in [0.25, 0.3) is 11.8 Å². The summed E-state index contributed by atoms with van der Waals surface area (Å²) in [7, 11) is 1.44. The van der Waals surface area contributed by atoms with E-state index in [-0.39, 0.29) is 28.3 Å². The largest absolute Gasteiger partial charge is 0.493 e. The third-order valence-electron chi connectivity index (χ3n) is 7.11. The number of fused-ring (bicyclic) bond motifs is 1. The zero-order valence-corrected chi connectivity index (χ0v) is 23.1. The van der Waals surface area contributed by atoms with E-state index in [9.17, 15) is 14.0 Å². The number of anilines is 2. The van der Waals surface area contributed by atoms with E-state index in [4.69, 9.17) is 16.3 Å². The number of nitrogens with zero attached hydrogens (tertiary/aromatic N) is 2. The molecular weight excluding hydrogens is 533 g/mol. The van der Waals surface area contributed by atoms with Crippen molar-refractivity contribution in [2.24, 2.45) is 0 Å². The molecule has 10 heteroatoms. The van der Waals surface area contributed by atoms with E-state index in [1.807, 2.05) is 6.92 Å². The molecule has 1 saturated heterocycles. The number of hydrogen-bond acceptors (Lipinski definition) is 5. The smallest absolute Gasteiger partial charge is 0.299 e. The van der Waals surface area contributed by atoms with Crippen LogP contribution in [0.5, 0.6) is 5.75 Å². The molecule has 0 saturated carbocycles. The van der Waals surface area contributed by atoms with Gasteiger partial charge in [-0.05, 0) is 44.7 Å². The van der Waals surface area contributed by atoms with Gasteiger partial charge >= 0.3 is 0 Å². The van der Waals surface area contributed by atoms with Crippen LogP contribution >= 0.6 is 11.6 Å². The first-order chi connectivity index (χ1) is 19.3. The number of halogens is 2. The summed E-state index contributed by atoms with van der Waals surface area (Å²) in [5, 5.41) is 6.16. The quantitative estimate of drug-likeness (QED) is 0.404. The van der Waals surface area contributed by atoms with Crippen LogP contribution < -0.4 is 15.4 Å². The monoisotopic (exact) mass is 559 g/mol. The van der Waals surface area contributed by atoms with Crippen LogP contribution in [0.4, 0.5) is 15.8 Å². The van der Waals surface area contributed by atoms with Crippen LogP contribution in [-0.4, -0.2) is 52.4 Å². The highest BCUT2D eigenvalue weighted by atomic mass is 35.5. The van der Waals surface area contributed by atoms with Gasteiger partial charge in [0, 0.05) is 49.2 Å². The average molecular weight is 560 g/mol. The minimum Gasteiger partial charge on any atom is -0.493 e. The standard InChI is InChI=1S/C30H27ClFN5O3/c1-4-6-24(38)37-14-5-10-30(37,2)11-7-18-17-33-12-8-20(18)26-27(25-22(35-26)9-13-34-29(25)39)36-23-16-19(32)15-21(31)28(23)40-3/h8,12,15-17,35-36H,5,9-10,13-14H2,1-3H3,(H,34,39)/t30-/m1/s1. The van der Waals surface area contributed by atoms with Crippen LogP contribution in [0.15, 0.2) is 30.6 Å². The van der Waals surface area contributed by atoms with E-state index in [2.05, 4.69) is 44.3 Å². The van der Waals surface area contributed by atoms with E-state index in [0.717, 1.165) is 24.6 Å². The predicted octanol–water partition coefficient (Wildman–Crippen LogP) is 4.66. The molecule has 0 spiro atoms. The molecule has 2 aliphatic rings. The van der Waals surface area contributed by atoms with Crippen molar-refractivity contribution < 1.29 is 18.7 Å². The Morgan fingerprint density at radius 1 is 1.35 bits per heavy atom. The second-order valence-corrected chi connectivity index (χ2v) is 10.1. The molecule has 2 amide bonds. The van der Waals surface area contributed by atoms with Gasteiger partial charge in [-0.25, -0.2) is 4.39 Å². The third-order valence-corrected chi connectivity index (χ3v) is 7.39. The van der Waals surface area contributed by atoms with Crippen LogP contribution in [-0.2, 0) is 11.2 Å². The fourth-order valence-corrected chi connectivity index (χ4v) is 5.49. The molecule has 1 atom stereocenters. The van der Waals surface area contributed by atoms with E-state index in [1.54, 1.807) is 30.3 Å². The lowest BCUT2D eigenvalue weighted by Gasteiger charge is -2.28. The number of H-pyrrole nitrogens is 1. The number of nitrogens with one attached hydrogen (secondary N) is 3. The summed E-state index contributed by atoms with van der Waals surface area (Å²) in [5.41, 5.74) is 3.02. The van der Waals surface area contributed by atoms with Crippen molar-refractivity contribution in [2.75, 3.05) is 25.5 Å². The maximum atomic E-state index is 14.4. The highest BCUT2D eigenvalue weighted by Crippen LogP contribution is 2.42. The summed E-state index contributed by atoms with van der Waals surface area (Å²) in [4.78, 5) is 35.0. The number of carbonyl (C=O) groups is 2. The van der Waals surface area contributed by atoms with Crippen molar-refractivity contribution in [3.63, 3.8) is 0 Å². The number of carbonyl (C=O) groups excluding carboxylic acids is 2. The molecule has 1 fully saturated rings. The van der Waals surface area contributed by atoms with Gasteiger partial charge in [0.05, 0.1) is 40.3 Å². The van der Waals surface area contributed by atoms with Crippen molar-refractivity contribution in [3.8, 4) is 40.7 Å². The summed E-state index contributed by atoms with van der Waals surface area (Å²) in [6.45, 7) is 4.63. The lowest BCUT2D eigenvalue weighted by molar-refractivity contribution is -0.127. The first kappa shape index (κ1) is 27.1. The topological polar surface area (TPSA) is 99.3 Å². The fraction of sp³-hybridized carbons (Fsp3) is 0.300. The molecule has 2 aromatic heterocycles. The Hall–Kier alpha value is -4.47. The molecule has 3 aromatic rings. The van der Waals surface area contributed by atoms with E-state index >= 15 is 0 Å². The maximum Gasteiger partial charge on any atom is 0.299 e. The summed E-state index contributed by atoms with van der Waals surface area (Å²) in [5.74, 6) is 11.0. The molecule has 40 heavy (non-hydrogen) atoms. The lowest BCUT2D eigenvalue weighted by atomic mass is 9.97. The first-order valence-electron chi connectivity index (χ1n) is 12.8. The second kappa shape index (κ2) is 11.0. The molecular formula is C30H27ClFN5O3. The van der Waals surface area contributed by atoms with Gasteiger partial charge in [-0.2, -0.15) is 0 Å². The molecule has 0 aliphatic carbocycles. The Morgan fingerprint density at radius 3 is 2.95 bits per heavy atom. The predicted molar refractivity (Wildman–Crippen MR) is 151 cm³/mol. The summed E-state index contributed by atoms with van der Waals surface area (Å²) in [6, 6.07) is 4.21. The highest BCUT2D eigenvalue weighted by molar-refractivity contribution is 6.32. The normalized spacial score (nSPS) is 17.6. The number of hydrogen-bond donors (Lipinski definition) is 3. The second-order valence-electron chi connectivity index (χ2n) is 9.71. The number of aromatic amines is 1. The summed E-state index contributed by atoms with van der Waals surface area (Å²) < 4.78 is 19.8. The number of aromatic nitrogens is 2. The molecule has 3 N–H and O–H groups in total. The summed E-state index contributed by atoms with van der Waals surface area (Å²) >= 11 is 6.24. The van der Waals surface area contributed by atoms with Crippen LogP contribution in [0, 0.1) is 29.5 Å². The van der Waals surface area contributed by atoms with Crippen molar-refractivity contribution in [2.45, 2.75) is 38.6 Å². The number of rotatable bonds is 4. The Morgan fingerprint density at radius 2 is 2.17 bits per heavy atom. The van der Waals surface area contributed by atoms with Crippen molar-refractivity contribution in [1.82, 2.24) is 20.2 Å². The molecule has 4 heterocycles. The van der Waals surface area contributed by atoms with Crippen molar-refractivity contribution >= 4 is 34.8 Å². The molecule has 204 valence electrons. The van der Waals surface area contributed by atoms with Crippen LogP contribution in [0.2, 0.25) is 5.02 Å². The number of likely N-dealkylation sites (tertiary alicyclic amines) is 1. The molecule has 8 nitrogen and oxygen atoms in total. The third kappa shape index (κ3) is 4.97. The van der Waals surface area contributed by atoms with Crippen LogP contribution in [0.25, 0.3) is 11.3 Å². The van der Waals surface area contributed by atoms with Crippen LogP contribution in [0.1, 0.15) is 48.3 Å². The molecule has 1 aromatic carbocycles. The SMILES string of the molecule is CC#CC(=O)N1CCC[C@]1(C)C#Cc1cnccc1-c1[nH]c2c(c1Nc1cc(F)cc(Cl)c1OC)C(=O)NCC2. The zero-order chi connectivity index (χ0) is 28.4. The Labute approximate surface area is 236 Å². The molecule has 0 radical (unpaired) electrons.